The van der Waals surface area contributed by atoms with E-state index in [1.165, 1.54) is 25.6 Å². The van der Waals surface area contributed by atoms with Crippen LogP contribution in [0.25, 0.3) is 11.3 Å². The van der Waals surface area contributed by atoms with E-state index in [4.69, 9.17) is 16.3 Å². The van der Waals surface area contributed by atoms with Gasteiger partial charge < -0.3 is 19.9 Å². The fraction of sp³-hybridized carbons (Fsp3) is 0.227. The molecule has 4 rings (SSSR count). The molecule has 1 aliphatic heterocycles. The average molecular weight is 442 g/mol. The number of urea groups is 1. The van der Waals surface area contributed by atoms with Crippen LogP contribution >= 0.6 is 11.6 Å². The molecule has 1 N–H and O–H groups in total. The Morgan fingerprint density at radius 2 is 1.87 bits per heavy atom. The largest absolute Gasteiger partial charge is 0.496 e. The molecule has 31 heavy (non-hydrogen) atoms. The molecule has 0 bridgehead atoms. The average Bonchev–Trinajstić information content (AvgIpc) is 2.80. The molecule has 3 aromatic rings. The Morgan fingerprint density at radius 3 is 2.61 bits per heavy atom. The highest BCUT2D eigenvalue weighted by atomic mass is 35.5. The van der Waals surface area contributed by atoms with Gasteiger partial charge in [0, 0.05) is 37.8 Å². The molecule has 0 aliphatic carbocycles. The summed E-state index contributed by atoms with van der Waals surface area (Å²) in [4.78, 5) is 25.0. The van der Waals surface area contributed by atoms with Crippen LogP contribution in [0.5, 0.6) is 5.75 Å². The van der Waals surface area contributed by atoms with E-state index in [-0.39, 0.29) is 11.8 Å². The van der Waals surface area contributed by atoms with Gasteiger partial charge in [-0.2, -0.15) is 0 Å². The first-order valence-electron chi connectivity index (χ1n) is 9.76. The first-order chi connectivity index (χ1) is 15.0. The highest BCUT2D eigenvalue weighted by molar-refractivity contribution is 6.33. The minimum atomic E-state index is -0.367. The number of para-hydroxylation sites is 1. The van der Waals surface area contributed by atoms with Gasteiger partial charge in [-0.1, -0.05) is 23.7 Å². The lowest BCUT2D eigenvalue weighted by molar-refractivity contribution is 0.208. The maximum absolute atomic E-state index is 13.8. The molecule has 2 amide bonds. The van der Waals surface area contributed by atoms with Crippen LogP contribution in [0.2, 0.25) is 5.02 Å². The Morgan fingerprint density at radius 1 is 1.10 bits per heavy atom. The van der Waals surface area contributed by atoms with Gasteiger partial charge in [-0.05, 0) is 30.3 Å². The molecular formula is C22H21ClFN5O2. The molecule has 1 aromatic heterocycles. The minimum absolute atomic E-state index is 0.194. The summed E-state index contributed by atoms with van der Waals surface area (Å²) in [5.41, 5.74) is 1.71. The number of amides is 2. The number of carbonyl (C=O) groups excluding carboxylic acids is 1. The molecule has 1 fully saturated rings. The van der Waals surface area contributed by atoms with Crippen LogP contribution in [0.3, 0.4) is 0 Å². The monoisotopic (exact) mass is 441 g/mol. The molecule has 2 heterocycles. The van der Waals surface area contributed by atoms with Crippen molar-refractivity contribution in [2.45, 2.75) is 0 Å². The smallest absolute Gasteiger partial charge is 0.322 e. The van der Waals surface area contributed by atoms with E-state index >= 15 is 0 Å². The second-order valence-electron chi connectivity index (χ2n) is 6.99. The number of rotatable bonds is 4. The summed E-state index contributed by atoms with van der Waals surface area (Å²) < 4.78 is 19.1. The third-order valence-electron chi connectivity index (χ3n) is 5.10. The molecular weight excluding hydrogens is 421 g/mol. The van der Waals surface area contributed by atoms with E-state index in [0.717, 1.165) is 0 Å². The molecule has 0 radical (unpaired) electrons. The van der Waals surface area contributed by atoms with E-state index in [2.05, 4.69) is 20.2 Å². The maximum Gasteiger partial charge on any atom is 0.322 e. The van der Waals surface area contributed by atoms with Gasteiger partial charge in [0.15, 0.2) is 0 Å². The molecule has 2 aromatic carbocycles. The predicted octanol–water partition coefficient (Wildman–Crippen LogP) is 4.30. The van der Waals surface area contributed by atoms with Crippen molar-refractivity contribution in [1.82, 2.24) is 14.9 Å². The SMILES string of the molecule is COc1ccc(F)cc1-c1cc(N2CCN(C(=O)Nc3ccccc3Cl)CC2)ncn1. The molecule has 7 nitrogen and oxygen atoms in total. The highest BCUT2D eigenvalue weighted by Crippen LogP contribution is 2.30. The van der Waals surface area contributed by atoms with Gasteiger partial charge in [-0.15, -0.1) is 0 Å². The van der Waals surface area contributed by atoms with Crippen molar-refractivity contribution in [3.63, 3.8) is 0 Å². The number of benzene rings is 2. The van der Waals surface area contributed by atoms with Gasteiger partial charge in [0.2, 0.25) is 0 Å². The van der Waals surface area contributed by atoms with E-state index in [1.54, 1.807) is 29.2 Å². The Kier molecular flexibility index (Phi) is 6.18. The number of carbonyl (C=O) groups is 1. The number of hydrogen-bond donors (Lipinski definition) is 1. The summed E-state index contributed by atoms with van der Waals surface area (Å²) in [5, 5.41) is 3.34. The molecule has 0 saturated carbocycles. The Balaban J connectivity index is 1.44. The van der Waals surface area contributed by atoms with Crippen molar-refractivity contribution in [2.75, 3.05) is 43.5 Å². The van der Waals surface area contributed by atoms with Gasteiger partial charge in [0.1, 0.15) is 23.7 Å². The fourth-order valence-corrected chi connectivity index (χ4v) is 3.63. The van der Waals surface area contributed by atoms with Crippen molar-refractivity contribution in [3.8, 4) is 17.0 Å². The fourth-order valence-electron chi connectivity index (χ4n) is 3.44. The van der Waals surface area contributed by atoms with Crippen LogP contribution in [0, 0.1) is 5.82 Å². The number of nitrogens with one attached hydrogen (secondary N) is 1. The predicted molar refractivity (Wildman–Crippen MR) is 118 cm³/mol. The lowest BCUT2D eigenvalue weighted by atomic mass is 10.1. The second kappa shape index (κ2) is 9.18. The standard InChI is InChI=1S/C22H21ClFN5O2/c1-31-20-7-6-15(24)12-16(20)19-13-21(26-14-25-19)28-8-10-29(11-9-28)22(30)27-18-5-3-2-4-17(18)23/h2-7,12-14H,8-11H2,1H3,(H,27,30). The zero-order chi connectivity index (χ0) is 21.8. The zero-order valence-corrected chi connectivity index (χ0v) is 17.6. The maximum atomic E-state index is 13.8. The van der Waals surface area contributed by atoms with Gasteiger partial charge in [-0.25, -0.2) is 19.2 Å². The lowest BCUT2D eigenvalue weighted by Gasteiger charge is -2.35. The number of aromatic nitrogens is 2. The van der Waals surface area contributed by atoms with Crippen LogP contribution in [0.4, 0.5) is 20.7 Å². The van der Waals surface area contributed by atoms with Crippen LogP contribution < -0.4 is 15.0 Å². The van der Waals surface area contributed by atoms with Crippen LogP contribution in [-0.2, 0) is 0 Å². The van der Waals surface area contributed by atoms with Gasteiger partial charge in [0.25, 0.3) is 0 Å². The Bertz CT molecular complexity index is 1090. The minimum Gasteiger partial charge on any atom is -0.496 e. The third-order valence-corrected chi connectivity index (χ3v) is 5.43. The molecule has 9 heteroatoms. The molecule has 1 saturated heterocycles. The van der Waals surface area contributed by atoms with E-state index < -0.39 is 0 Å². The Labute approximate surface area is 184 Å². The molecule has 0 unspecified atom stereocenters. The number of anilines is 2. The summed E-state index contributed by atoms with van der Waals surface area (Å²) in [5.74, 6) is 0.878. The summed E-state index contributed by atoms with van der Waals surface area (Å²) >= 11 is 6.12. The van der Waals surface area contributed by atoms with Crippen molar-refractivity contribution in [1.29, 1.82) is 0 Å². The van der Waals surface area contributed by atoms with Crippen molar-refractivity contribution < 1.29 is 13.9 Å². The van der Waals surface area contributed by atoms with Crippen LogP contribution in [0.1, 0.15) is 0 Å². The summed E-state index contributed by atoms with van der Waals surface area (Å²) in [7, 11) is 1.53. The van der Waals surface area contributed by atoms with Gasteiger partial charge in [-0.3, -0.25) is 0 Å². The summed E-state index contributed by atoms with van der Waals surface area (Å²) in [6, 6.07) is 13.0. The number of piperazine rings is 1. The number of ether oxygens (including phenoxy) is 1. The molecule has 0 atom stereocenters. The number of nitrogens with zero attached hydrogens (tertiary/aromatic N) is 4. The van der Waals surface area contributed by atoms with Gasteiger partial charge in [0.05, 0.1) is 23.5 Å². The molecule has 160 valence electrons. The number of methoxy groups -OCH3 is 1. The normalized spacial score (nSPS) is 13.8. The summed E-state index contributed by atoms with van der Waals surface area (Å²) in [6.07, 6.45) is 1.45. The third kappa shape index (κ3) is 4.69. The van der Waals surface area contributed by atoms with Crippen molar-refractivity contribution in [3.05, 3.63) is 65.7 Å². The van der Waals surface area contributed by atoms with Crippen LogP contribution in [-0.4, -0.2) is 54.2 Å². The highest BCUT2D eigenvalue weighted by Gasteiger charge is 2.23. The zero-order valence-electron chi connectivity index (χ0n) is 16.9. The first-order valence-corrected chi connectivity index (χ1v) is 10.1. The first kappa shape index (κ1) is 20.9. The molecule has 1 aliphatic rings. The number of halogens is 2. The number of hydrogen-bond acceptors (Lipinski definition) is 5. The van der Waals surface area contributed by atoms with E-state index in [9.17, 15) is 9.18 Å². The lowest BCUT2D eigenvalue weighted by Crippen LogP contribution is -2.50. The quantitative estimate of drug-likeness (QED) is 0.653. The topological polar surface area (TPSA) is 70.6 Å². The second-order valence-corrected chi connectivity index (χ2v) is 7.40. The van der Waals surface area contributed by atoms with Crippen molar-refractivity contribution in [2.24, 2.45) is 0 Å². The summed E-state index contributed by atoms with van der Waals surface area (Å²) in [6.45, 7) is 2.26. The van der Waals surface area contributed by atoms with Crippen LogP contribution in [0.15, 0.2) is 54.9 Å². The van der Waals surface area contributed by atoms with Gasteiger partial charge >= 0.3 is 6.03 Å². The van der Waals surface area contributed by atoms with E-state index in [0.29, 0.717) is 59.7 Å². The van der Waals surface area contributed by atoms with E-state index in [1.807, 2.05) is 12.1 Å². The Hall–Kier alpha value is -3.39. The molecule has 0 spiro atoms. The van der Waals surface area contributed by atoms with Crippen molar-refractivity contribution >= 4 is 29.1 Å².